The number of benzene rings is 2. The minimum absolute atomic E-state index is 0.388. The zero-order valence-electron chi connectivity index (χ0n) is 22.8. The van der Waals surface area contributed by atoms with E-state index in [9.17, 15) is 9.59 Å². The maximum absolute atomic E-state index is 12.5. The van der Waals surface area contributed by atoms with Crippen molar-refractivity contribution in [3.05, 3.63) is 70.8 Å². The Bertz CT molecular complexity index is 823. The predicted molar refractivity (Wildman–Crippen MR) is 145 cm³/mol. The van der Waals surface area contributed by atoms with Gasteiger partial charge in [0.15, 0.2) is 0 Å². The highest BCUT2D eigenvalue weighted by Crippen LogP contribution is 2.16. The molecule has 204 valence electrons. The van der Waals surface area contributed by atoms with Crippen LogP contribution in [0.25, 0.3) is 0 Å². The van der Waals surface area contributed by atoms with Gasteiger partial charge in [0.2, 0.25) is 6.29 Å². The van der Waals surface area contributed by atoms with Crippen LogP contribution in [0.15, 0.2) is 48.5 Å². The Morgan fingerprint density at radius 1 is 0.568 bits per heavy atom. The van der Waals surface area contributed by atoms with E-state index >= 15 is 0 Å². The van der Waals surface area contributed by atoms with Gasteiger partial charge in [-0.1, -0.05) is 90.0 Å². The van der Waals surface area contributed by atoms with Crippen molar-refractivity contribution in [1.82, 2.24) is 0 Å². The Morgan fingerprint density at radius 2 is 0.973 bits per heavy atom. The third-order valence-corrected chi connectivity index (χ3v) is 6.27. The van der Waals surface area contributed by atoms with Gasteiger partial charge in [-0.3, -0.25) is 9.78 Å². The highest BCUT2D eigenvalue weighted by molar-refractivity contribution is 5.89. The van der Waals surface area contributed by atoms with Crippen molar-refractivity contribution in [2.24, 2.45) is 0 Å². The summed E-state index contributed by atoms with van der Waals surface area (Å²) in [6.45, 7) is 6.47. The molecule has 0 aliphatic rings. The first-order valence-corrected chi connectivity index (χ1v) is 14.0. The first kappa shape index (κ1) is 30.5. The molecule has 0 saturated carbocycles. The summed E-state index contributed by atoms with van der Waals surface area (Å²) in [5.74, 6) is -1.24. The molecule has 2 rings (SSSR count). The molecule has 37 heavy (non-hydrogen) atoms. The highest BCUT2D eigenvalue weighted by atomic mass is 17.3. The van der Waals surface area contributed by atoms with E-state index in [-0.39, 0.29) is 0 Å². The van der Waals surface area contributed by atoms with Crippen LogP contribution in [0.3, 0.4) is 0 Å². The van der Waals surface area contributed by atoms with E-state index in [2.05, 4.69) is 20.8 Å². The summed E-state index contributed by atoms with van der Waals surface area (Å²) in [7, 11) is 0. The fraction of sp³-hybridized carbons (Fsp3) is 0.548. The highest BCUT2D eigenvalue weighted by Gasteiger charge is 2.19. The Balaban J connectivity index is 1.88. The van der Waals surface area contributed by atoms with Gasteiger partial charge in [-0.05, 0) is 67.5 Å². The van der Waals surface area contributed by atoms with E-state index in [4.69, 9.17) is 19.6 Å². The topological polar surface area (TPSA) is 71.1 Å². The average Bonchev–Trinajstić information content (AvgIpc) is 2.93. The molecule has 6 nitrogen and oxygen atoms in total. The molecule has 0 spiro atoms. The molecule has 0 fully saturated rings. The van der Waals surface area contributed by atoms with Crippen LogP contribution >= 0.6 is 0 Å². The smallest absolute Gasteiger partial charge is 0.290 e. The molecule has 0 saturated heterocycles. The molecule has 0 N–H and O–H groups in total. The van der Waals surface area contributed by atoms with E-state index in [1.807, 2.05) is 24.3 Å². The van der Waals surface area contributed by atoms with Crippen molar-refractivity contribution in [2.75, 3.05) is 0 Å². The third-order valence-electron chi connectivity index (χ3n) is 6.27. The summed E-state index contributed by atoms with van der Waals surface area (Å²) in [5.41, 5.74) is 3.13. The molecule has 0 aliphatic heterocycles. The normalized spacial score (nSPS) is 11.0. The molecular formula is C31H44O6. The van der Waals surface area contributed by atoms with Crippen molar-refractivity contribution in [3.8, 4) is 0 Å². The molecule has 2 aromatic carbocycles. The predicted octanol–water partition coefficient (Wildman–Crippen LogP) is 8.33. The number of hydrogen-bond acceptors (Lipinski definition) is 6. The van der Waals surface area contributed by atoms with Gasteiger partial charge in [-0.25, -0.2) is 9.59 Å². The largest absolute Gasteiger partial charge is 0.373 e. The SMILES string of the molecule is CCCCCCCCC(OOC(=O)c1ccc(CCCC)cc1)OOC(=O)c1ccc(CCCC)cc1. The summed E-state index contributed by atoms with van der Waals surface area (Å²) in [4.78, 5) is 45.6. The Hall–Kier alpha value is -2.70. The first-order chi connectivity index (χ1) is 18.1. The van der Waals surface area contributed by atoms with Crippen molar-refractivity contribution in [1.29, 1.82) is 0 Å². The van der Waals surface area contributed by atoms with Crippen LogP contribution in [-0.4, -0.2) is 18.2 Å². The maximum atomic E-state index is 12.5. The van der Waals surface area contributed by atoms with Gasteiger partial charge in [0.25, 0.3) is 0 Å². The first-order valence-electron chi connectivity index (χ1n) is 14.0. The standard InChI is InChI=1S/C31H44O6/c1-4-7-10-11-12-13-16-29(34-36-30(32)27-21-17-25(18-22-27)14-8-5-2)35-37-31(33)28-23-19-26(20-24-28)15-9-6-3/h17-24,29H,4-16H2,1-3H3. The van der Waals surface area contributed by atoms with E-state index in [0.717, 1.165) is 57.8 Å². The summed E-state index contributed by atoms with van der Waals surface area (Å²) in [6, 6.07) is 14.6. The zero-order valence-corrected chi connectivity index (χ0v) is 22.8. The maximum Gasteiger partial charge on any atom is 0.373 e. The number of aryl methyl sites for hydroxylation is 2. The van der Waals surface area contributed by atoms with Crippen LogP contribution in [0, 0.1) is 0 Å². The van der Waals surface area contributed by atoms with Gasteiger partial charge in [0.05, 0.1) is 11.1 Å². The van der Waals surface area contributed by atoms with Gasteiger partial charge in [0.1, 0.15) is 0 Å². The lowest BCUT2D eigenvalue weighted by molar-refractivity contribution is -0.421. The molecule has 0 unspecified atom stereocenters. The Kier molecular flexibility index (Phi) is 15.3. The number of rotatable bonds is 19. The molecule has 0 aromatic heterocycles. The van der Waals surface area contributed by atoms with Gasteiger partial charge < -0.3 is 0 Å². The van der Waals surface area contributed by atoms with Crippen LogP contribution in [0.1, 0.15) is 123 Å². The summed E-state index contributed by atoms with van der Waals surface area (Å²) < 4.78 is 0. The molecule has 0 atom stereocenters. The van der Waals surface area contributed by atoms with Gasteiger partial charge >= 0.3 is 11.9 Å². The van der Waals surface area contributed by atoms with Gasteiger partial charge in [0, 0.05) is 6.42 Å². The minimum Gasteiger partial charge on any atom is -0.290 e. The second kappa shape index (κ2) is 18.5. The lowest BCUT2D eigenvalue weighted by Crippen LogP contribution is -2.22. The Labute approximate surface area is 222 Å². The molecule has 6 heteroatoms. The van der Waals surface area contributed by atoms with Gasteiger partial charge in [-0.15, -0.1) is 9.78 Å². The molecule has 0 aliphatic carbocycles. The van der Waals surface area contributed by atoms with Crippen molar-refractivity contribution in [2.45, 2.75) is 111 Å². The average molecular weight is 513 g/mol. The number of carbonyl (C=O) groups is 2. The van der Waals surface area contributed by atoms with Crippen LogP contribution in [0.5, 0.6) is 0 Å². The van der Waals surface area contributed by atoms with Crippen LogP contribution in [0.4, 0.5) is 0 Å². The summed E-state index contributed by atoms with van der Waals surface area (Å²) in [5, 5.41) is 0. The van der Waals surface area contributed by atoms with Crippen LogP contribution < -0.4 is 0 Å². The lowest BCUT2D eigenvalue weighted by Gasteiger charge is -2.15. The fourth-order valence-corrected chi connectivity index (χ4v) is 3.87. The molecule has 0 bridgehead atoms. The zero-order chi connectivity index (χ0) is 26.7. The van der Waals surface area contributed by atoms with E-state index < -0.39 is 18.2 Å². The van der Waals surface area contributed by atoms with E-state index in [1.54, 1.807) is 24.3 Å². The lowest BCUT2D eigenvalue weighted by atomic mass is 10.1. The fourth-order valence-electron chi connectivity index (χ4n) is 3.87. The quantitative estimate of drug-likeness (QED) is 0.0815. The second-order valence-corrected chi connectivity index (χ2v) is 9.52. The number of unbranched alkanes of at least 4 members (excludes halogenated alkanes) is 7. The molecule has 2 aromatic rings. The monoisotopic (exact) mass is 512 g/mol. The van der Waals surface area contributed by atoms with Crippen LogP contribution in [-0.2, 0) is 32.4 Å². The van der Waals surface area contributed by atoms with Crippen molar-refractivity contribution in [3.63, 3.8) is 0 Å². The second-order valence-electron chi connectivity index (χ2n) is 9.52. The minimum atomic E-state index is -1.01. The molecule has 0 heterocycles. The van der Waals surface area contributed by atoms with Gasteiger partial charge in [-0.2, -0.15) is 0 Å². The molecule has 0 radical (unpaired) electrons. The molecular weight excluding hydrogens is 468 g/mol. The number of carbonyl (C=O) groups excluding carboxylic acids is 2. The summed E-state index contributed by atoms with van der Waals surface area (Å²) in [6.07, 6.45) is 12.3. The Morgan fingerprint density at radius 3 is 1.41 bits per heavy atom. The van der Waals surface area contributed by atoms with Crippen LogP contribution in [0.2, 0.25) is 0 Å². The van der Waals surface area contributed by atoms with E-state index in [0.29, 0.717) is 17.5 Å². The van der Waals surface area contributed by atoms with Crippen molar-refractivity contribution >= 4 is 11.9 Å². The van der Waals surface area contributed by atoms with Crippen molar-refractivity contribution < 1.29 is 29.1 Å². The third kappa shape index (κ3) is 12.4. The molecule has 0 amide bonds. The van der Waals surface area contributed by atoms with E-state index in [1.165, 1.54) is 30.4 Å². The summed E-state index contributed by atoms with van der Waals surface area (Å²) >= 11 is 0. The number of hydrogen-bond donors (Lipinski definition) is 0.